The maximum absolute atomic E-state index is 12.0. The van der Waals surface area contributed by atoms with Gasteiger partial charge in [0.1, 0.15) is 11.3 Å². The molecule has 0 aliphatic heterocycles. The molecule has 0 atom stereocenters. The van der Waals surface area contributed by atoms with Gasteiger partial charge in [-0.2, -0.15) is 0 Å². The number of ether oxygens (including phenoxy) is 2. The first-order valence-electron chi connectivity index (χ1n) is 8.72. The number of hydrogen-bond donors (Lipinski definition) is 1. The van der Waals surface area contributed by atoms with E-state index >= 15 is 0 Å². The third kappa shape index (κ3) is 4.66. The molecule has 24 heavy (non-hydrogen) atoms. The molecule has 0 aliphatic carbocycles. The van der Waals surface area contributed by atoms with Gasteiger partial charge in [0, 0.05) is 6.07 Å². The Labute approximate surface area is 142 Å². The van der Waals surface area contributed by atoms with E-state index in [9.17, 15) is 9.90 Å². The largest absolute Gasteiger partial charge is 0.504 e. The standard InChI is InChI=1S/C19H26O5/c1-3-5-6-7-8-9-12-23-18-17(20)15-11-10-14(22-4-2)13-16(15)24-19(18)21/h10-11,13,20H,3-9,12H2,1-2H3. The minimum atomic E-state index is -0.667. The molecule has 0 fully saturated rings. The number of rotatable bonds is 10. The van der Waals surface area contributed by atoms with Crippen LogP contribution in [0.1, 0.15) is 52.4 Å². The molecule has 2 aromatic rings. The van der Waals surface area contributed by atoms with Crippen LogP contribution < -0.4 is 15.1 Å². The Balaban J connectivity index is 2.03. The zero-order valence-corrected chi connectivity index (χ0v) is 14.5. The molecule has 5 nitrogen and oxygen atoms in total. The lowest BCUT2D eigenvalue weighted by atomic mass is 10.1. The summed E-state index contributed by atoms with van der Waals surface area (Å²) in [4.78, 5) is 12.0. The zero-order valence-electron chi connectivity index (χ0n) is 14.5. The SMILES string of the molecule is CCCCCCCCOc1c(O)c2ccc(OCC)cc2oc1=O. The van der Waals surface area contributed by atoms with Crippen molar-refractivity contribution in [1.29, 1.82) is 0 Å². The van der Waals surface area contributed by atoms with Gasteiger partial charge in [0.05, 0.1) is 18.6 Å². The lowest BCUT2D eigenvalue weighted by Crippen LogP contribution is -2.08. The van der Waals surface area contributed by atoms with Crippen molar-refractivity contribution in [3.63, 3.8) is 0 Å². The van der Waals surface area contributed by atoms with E-state index < -0.39 is 5.63 Å². The van der Waals surface area contributed by atoms with Crippen LogP contribution in [0.15, 0.2) is 27.4 Å². The molecule has 132 valence electrons. The predicted octanol–water partition coefficient (Wildman–Crippen LogP) is 4.64. The maximum atomic E-state index is 12.0. The van der Waals surface area contributed by atoms with Crippen molar-refractivity contribution in [3.8, 4) is 17.2 Å². The van der Waals surface area contributed by atoms with Crippen molar-refractivity contribution in [2.24, 2.45) is 0 Å². The summed E-state index contributed by atoms with van der Waals surface area (Å²) in [6, 6.07) is 4.98. The molecule has 1 N–H and O–H groups in total. The lowest BCUT2D eigenvalue weighted by molar-refractivity contribution is 0.275. The molecule has 0 saturated heterocycles. The highest BCUT2D eigenvalue weighted by atomic mass is 16.5. The Morgan fingerprint density at radius 1 is 1.04 bits per heavy atom. The summed E-state index contributed by atoms with van der Waals surface area (Å²) >= 11 is 0. The van der Waals surface area contributed by atoms with Crippen LogP contribution in [0.4, 0.5) is 0 Å². The third-order valence-electron chi connectivity index (χ3n) is 3.87. The summed E-state index contributed by atoms with van der Waals surface area (Å²) in [7, 11) is 0. The van der Waals surface area contributed by atoms with Gasteiger partial charge in [-0.3, -0.25) is 0 Å². The molecule has 5 heteroatoms. The first kappa shape index (κ1) is 18.2. The monoisotopic (exact) mass is 334 g/mol. The van der Waals surface area contributed by atoms with Gasteiger partial charge >= 0.3 is 5.63 Å². The van der Waals surface area contributed by atoms with E-state index in [-0.39, 0.29) is 17.1 Å². The smallest absolute Gasteiger partial charge is 0.383 e. The highest BCUT2D eigenvalue weighted by molar-refractivity contribution is 5.86. The molecular formula is C19H26O5. The van der Waals surface area contributed by atoms with E-state index in [1.807, 2.05) is 6.92 Å². The highest BCUT2D eigenvalue weighted by Crippen LogP contribution is 2.33. The number of benzene rings is 1. The zero-order chi connectivity index (χ0) is 17.4. The van der Waals surface area contributed by atoms with Crippen molar-refractivity contribution in [2.75, 3.05) is 13.2 Å². The molecule has 1 aromatic heterocycles. The average Bonchev–Trinajstić information content (AvgIpc) is 2.56. The molecule has 2 rings (SSSR count). The third-order valence-corrected chi connectivity index (χ3v) is 3.87. The Kier molecular flexibility index (Phi) is 6.97. The molecule has 0 amide bonds. The highest BCUT2D eigenvalue weighted by Gasteiger charge is 2.15. The molecule has 1 aromatic carbocycles. The molecule has 0 aliphatic rings. The van der Waals surface area contributed by atoms with Crippen LogP contribution in [-0.4, -0.2) is 18.3 Å². The number of aromatic hydroxyl groups is 1. The Morgan fingerprint density at radius 2 is 1.79 bits per heavy atom. The molecule has 0 spiro atoms. The number of fused-ring (bicyclic) bond motifs is 1. The van der Waals surface area contributed by atoms with Crippen molar-refractivity contribution in [2.45, 2.75) is 52.4 Å². The second-order valence-corrected chi connectivity index (χ2v) is 5.77. The first-order chi connectivity index (χ1) is 11.7. The van der Waals surface area contributed by atoms with Gasteiger partial charge in [0.15, 0.2) is 5.75 Å². The quantitative estimate of drug-likeness (QED) is 0.506. The Morgan fingerprint density at radius 3 is 2.54 bits per heavy atom. The van der Waals surface area contributed by atoms with Crippen LogP contribution in [0.3, 0.4) is 0 Å². The molecule has 0 saturated carbocycles. The minimum Gasteiger partial charge on any atom is -0.504 e. The normalized spacial score (nSPS) is 10.9. The van der Waals surface area contributed by atoms with Crippen LogP contribution >= 0.6 is 0 Å². The summed E-state index contributed by atoms with van der Waals surface area (Å²) < 4.78 is 16.1. The Hall–Kier alpha value is -2.17. The fraction of sp³-hybridized carbons (Fsp3) is 0.526. The predicted molar refractivity (Wildman–Crippen MR) is 94.2 cm³/mol. The Bertz CT molecular complexity index is 705. The maximum Gasteiger partial charge on any atom is 0.383 e. The van der Waals surface area contributed by atoms with Gasteiger partial charge < -0.3 is 19.0 Å². The first-order valence-corrected chi connectivity index (χ1v) is 8.72. The molecular weight excluding hydrogens is 308 g/mol. The van der Waals surface area contributed by atoms with Crippen molar-refractivity contribution < 1.29 is 19.0 Å². The summed E-state index contributed by atoms with van der Waals surface area (Å²) in [6.07, 6.45) is 6.76. The van der Waals surface area contributed by atoms with Crippen molar-refractivity contribution >= 4 is 11.0 Å². The average molecular weight is 334 g/mol. The second kappa shape index (κ2) is 9.21. The summed E-state index contributed by atoms with van der Waals surface area (Å²) in [6.45, 7) is 4.97. The van der Waals surface area contributed by atoms with E-state index in [0.717, 1.165) is 19.3 Å². The van der Waals surface area contributed by atoms with Crippen molar-refractivity contribution in [1.82, 2.24) is 0 Å². The number of hydrogen-bond acceptors (Lipinski definition) is 5. The second-order valence-electron chi connectivity index (χ2n) is 5.77. The van der Waals surface area contributed by atoms with Gasteiger partial charge in [0.2, 0.25) is 5.75 Å². The van der Waals surface area contributed by atoms with Gasteiger partial charge in [-0.15, -0.1) is 0 Å². The molecule has 1 heterocycles. The molecule has 0 radical (unpaired) electrons. The van der Waals surface area contributed by atoms with Gasteiger partial charge in [0.25, 0.3) is 0 Å². The molecule has 0 bridgehead atoms. The van der Waals surface area contributed by atoms with Gasteiger partial charge in [-0.05, 0) is 25.5 Å². The van der Waals surface area contributed by atoms with E-state index in [0.29, 0.717) is 24.3 Å². The van der Waals surface area contributed by atoms with Crippen LogP contribution in [0, 0.1) is 0 Å². The van der Waals surface area contributed by atoms with Gasteiger partial charge in [-0.1, -0.05) is 39.0 Å². The van der Waals surface area contributed by atoms with E-state index in [2.05, 4.69) is 6.92 Å². The summed E-state index contributed by atoms with van der Waals surface area (Å²) in [5, 5.41) is 10.7. The van der Waals surface area contributed by atoms with Crippen molar-refractivity contribution in [3.05, 3.63) is 28.6 Å². The van der Waals surface area contributed by atoms with Crippen LogP contribution in [-0.2, 0) is 0 Å². The summed E-state index contributed by atoms with van der Waals surface area (Å²) in [5.74, 6) is 0.309. The van der Waals surface area contributed by atoms with Crippen LogP contribution in [0.5, 0.6) is 17.2 Å². The van der Waals surface area contributed by atoms with E-state index in [1.165, 1.54) is 19.3 Å². The van der Waals surface area contributed by atoms with Gasteiger partial charge in [-0.25, -0.2) is 4.79 Å². The van der Waals surface area contributed by atoms with Crippen LogP contribution in [0.2, 0.25) is 0 Å². The minimum absolute atomic E-state index is 0.111. The summed E-state index contributed by atoms with van der Waals surface area (Å²) in [5.41, 5.74) is -0.380. The van der Waals surface area contributed by atoms with E-state index in [1.54, 1.807) is 18.2 Å². The lowest BCUT2D eigenvalue weighted by Gasteiger charge is -2.09. The topological polar surface area (TPSA) is 68.9 Å². The molecule has 0 unspecified atom stereocenters. The fourth-order valence-corrected chi connectivity index (χ4v) is 2.59. The number of unbranched alkanes of at least 4 members (excludes halogenated alkanes) is 5. The van der Waals surface area contributed by atoms with E-state index in [4.69, 9.17) is 13.9 Å². The van der Waals surface area contributed by atoms with Crippen LogP contribution in [0.25, 0.3) is 11.0 Å². The fourth-order valence-electron chi connectivity index (χ4n) is 2.59.